The van der Waals surface area contributed by atoms with Gasteiger partial charge in [0.05, 0.1) is 18.6 Å². The Hall–Kier alpha value is -3.12. The van der Waals surface area contributed by atoms with Gasteiger partial charge in [-0.25, -0.2) is 10.6 Å². The van der Waals surface area contributed by atoms with Gasteiger partial charge in [0.1, 0.15) is 0 Å². The standard InChI is InChI=1S/C21H23N3O3/c1-3-27-21(26)16-9-10-19-18(11-16)17(12-20(25)23-22)14(2)24(19)13-15-7-5-4-6-8-15/h4-11H,3,12-13,22H2,1-2H3,(H,23,25). The van der Waals surface area contributed by atoms with E-state index in [9.17, 15) is 9.59 Å². The molecule has 1 amide bonds. The second kappa shape index (κ2) is 8.05. The summed E-state index contributed by atoms with van der Waals surface area (Å²) >= 11 is 0. The molecule has 0 saturated heterocycles. The Morgan fingerprint density at radius 1 is 1.15 bits per heavy atom. The molecule has 0 spiro atoms. The number of amides is 1. The number of nitrogens with two attached hydrogens (primary N) is 1. The first-order valence-electron chi connectivity index (χ1n) is 8.87. The first-order chi connectivity index (χ1) is 13.0. The minimum atomic E-state index is -0.373. The summed E-state index contributed by atoms with van der Waals surface area (Å²) in [5.41, 5.74) is 6.59. The van der Waals surface area contributed by atoms with Crippen LogP contribution in [0.3, 0.4) is 0 Å². The fourth-order valence-electron chi connectivity index (χ4n) is 3.30. The van der Waals surface area contributed by atoms with Crippen LogP contribution in [0.15, 0.2) is 48.5 Å². The number of aromatic nitrogens is 1. The molecular formula is C21H23N3O3. The van der Waals surface area contributed by atoms with Crippen LogP contribution in [0.1, 0.15) is 34.1 Å². The lowest BCUT2D eigenvalue weighted by molar-refractivity contribution is -0.120. The van der Waals surface area contributed by atoms with Crippen LogP contribution in [-0.2, 0) is 22.5 Å². The molecule has 3 rings (SSSR count). The molecule has 0 atom stereocenters. The zero-order chi connectivity index (χ0) is 19.4. The second-order valence-electron chi connectivity index (χ2n) is 6.33. The third-order valence-corrected chi connectivity index (χ3v) is 4.65. The van der Waals surface area contributed by atoms with Crippen LogP contribution in [0.25, 0.3) is 10.9 Å². The average Bonchev–Trinajstić information content (AvgIpc) is 2.94. The normalized spacial score (nSPS) is 10.8. The zero-order valence-corrected chi connectivity index (χ0v) is 15.5. The maximum Gasteiger partial charge on any atom is 0.338 e. The van der Waals surface area contributed by atoms with E-state index in [4.69, 9.17) is 10.6 Å². The number of ether oxygens (including phenoxy) is 1. The van der Waals surface area contributed by atoms with Gasteiger partial charge in [0, 0.05) is 23.1 Å². The monoisotopic (exact) mass is 365 g/mol. The molecule has 6 heteroatoms. The molecule has 140 valence electrons. The van der Waals surface area contributed by atoms with E-state index < -0.39 is 0 Å². The van der Waals surface area contributed by atoms with E-state index in [1.54, 1.807) is 19.1 Å². The molecule has 1 heterocycles. The van der Waals surface area contributed by atoms with Crippen molar-refractivity contribution in [1.82, 2.24) is 9.99 Å². The first kappa shape index (κ1) is 18.7. The summed E-state index contributed by atoms with van der Waals surface area (Å²) in [6.07, 6.45) is 0.146. The minimum Gasteiger partial charge on any atom is -0.462 e. The maximum atomic E-state index is 12.1. The summed E-state index contributed by atoms with van der Waals surface area (Å²) in [6.45, 7) is 4.74. The first-order valence-corrected chi connectivity index (χ1v) is 8.87. The van der Waals surface area contributed by atoms with Crippen LogP contribution in [0.4, 0.5) is 0 Å². The van der Waals surface area contributed by atoms with Crippen molar-refractivity contribution in [2.45, 2.75) is 26.8 Å². The third-order valence-electron chi connectivity index (χ3n) is 4.65. The number of fused-ring (bicyclic) bond motifs is 1. The molecule has 0 bridgehead atoms. The lowest BCUT2D eigenvalue weighted by Gasteiger charge is -2.09. The topological polar surface area (TPSA) is 86.3 Å². The molecule has 3 aromatic rings. The smallest absolute Gasteiger partial charge is 0.338 e. The lowest BCUT2D eigenvalue weighted by Crippen LogP contribution is -2.31. The average molecular weight is 365 g/mol. The van der Waals surface area contributed by atoms with Gasteiger partial charge in [-0.05, 0) is 43.2 Å². The zero-order valence-electron chi connectivity index (χ0n) is 15.5. The molecular weight excluding hydrogens is 342 g/mol. The van der Waals surface area contributed by atoms with Crippen molar-refractivity contribution < 1.29 is 14.3 Å². The van der Waals surface area contributed by atoms with Crippen LogP contribution in [0.5, 0.6) is 0 Å². The van der Waals surface area contributed by atoms with Crippen molar-refractivity contribution in [3.05, 3.63) is 70.9 Å². The van der Waals surface area contributed by atoms with E-state index in [0.29, 0.717) is 18.7 Å². The number of rotatable bonds is 6. The number of nitrogens with one attached hydrogen (secondary N) is 1. The Morgan fingerprint density at radius 3 is 2.56 bits per heavy atom. The van der Waals surface area contributed by atoms with Gasteiger partial charge in [-0.1, -0.05) is 30.3 Å². The fraction of sp³-hybridized carbons (Fsp3) is 0.238. The van der Waals surface area contributed by atoms with Crippen LogP contribution < -0.4 is 11.3 Å². The highest BCUT2D eigenvalue weighted by atomic mass is 16.5. The highest BCUT2D eigenvalue weighted by Gasteiger charge is 2.18. The van der Waals surface area contributed by atoms with Crippen molar-refractivity contribution in [3.63, 3.8) is 0 Å². The van der Waals surface area contributed by atoms with Crippen LogP contribution >= 0.6 is 0 Å². The number of carbonyl (C=O) groups is 2. The number of hydrogen-bond donors (Lipinski definition) is 2. The summed E-state index contributed by atoms with van der Waals surface area (Å²) in [6, 6.07) is 15.5. The van der Waals surface area contributed by atoms with E-state index in [-0.39, 0.29) is 18.3 Å². The van der Waals surface area contributed by atoms with Crippen molar-refractivity contribution in [3.8, 4) is 0 Å². The van der Waals surface area contributed by atoms with Gasteiger partial charge >= 0.3 is 5.97 Å². The SMILES string of the molecule is CCOC(=O)c1ccc2c(c1)c(CC(=O)NN)c(C)n2Cc1ccccc1. The van der Waals surface area contributed by atoms with Crippen molar-refractivity contribution in [2.75, 3.05) is 6.61 Å². The predicted octanol–water partition coefficient (Wildman–Crippen LogP) is 2.71. The summed E-state index contributed by atoms with van der Waals surface area (Å²) in [5, 5.41) is 0.859. The Balaban J connectivity index is 2.13. The number of hydrogen-bond acceptors (Lipinski definition) is 4. The Labute approximate surface area is 157 Å². The van der Waals surface area contributed by atoms with Crippen LogP contribution in [0, 0.1) is 6.92 Å². The molecule has 0 radical (unpaired) electrons. The summed E-state index contributed by atoms with van der Waals surface area (Å²) in [4.78, 5) is 24.1. The minimum absolute atomic E-state index is 0.146. The molecule has 27 heavy (non-hydrogen) atoms. The number of benzene rings is 2. The molecule has 0 aliphatic heterocycles. The van der Waals surface area contributed by atoms with Crippen molar-refractivity contribution in [1.29, 1.82) is 0 Å². The number of nitrogens with zero attached hydrogens (tertiary/aromatic N) is 1. The quantitative estimate of drug-likeness (QED) is 0.304. The highest BCUT2D eigenvalue weighted by Crippen LogP contribution is 2.29. The lowest BCUT2D eigenvalue weighted by atomic mass is 10.1. The third kappa shape index (κ3) is 3.85. The van der Waals surface area contributed by atoms with Gasteiger partial charge in [0.15, 0.2) is 0 Å². The molecule has 0 aliphatic rings. The van der Waals surface area contributed by atoms with Gasteiger partial charge in [0.25, 0.3) is 0 Å². The Morgan fingerprint density at radius 2 is 1.89 bits per heavy atom. The van der Waals surface area contributed by atoms with Gasteiger partial charge in [0.2, 0.25) is 5.91 Å². The largest absolute Gasteiger partial charge is 0.462 e. The summed E-state index contributed by atoms with van der Waals surface area (Å²) < 4.78 is 7.26. The van der Waals surface area contributed by atoms with E-state index in [2.05, 4.69) is 22.1 Å². The Bertz CT molecular complexity index is 977. The van der Waals surface area contributed by atoms with Gasteiger partial charge in [-0.15, -0.1) is 0 Å². The van der Waals surface area contributed by atoms with Gasteiger partial charge in [-0.2, -0.15) is 0 Å². The van der Waals surface area contributed by atoms with E-state index in [0.717, 1.165) is 27.7 Å². The molecule has 6 nitrogen and oxygen atoms in total. The van der Waals surface area contributed by atoms with Crippen LogP contribution in [-0.4, -0.2) is 23.1 Å². The highest BCUT2D eigenvalue weighted by molar-refractivity contribution is 5.97. The van der Waals surface area contributed by atoms with Crippen molar-refractivity contribution in [2.24, 2.45) is 5.84 Å². The molecule has 1 aromatic heterocycles. The molecule has 0 saturated carbocycles. The van der Waals surface area contributed by atoms with Crippen LogP contribution in [0.2, 0.25) is 0 Å². The van der Waals surface area contributed by atoms with E-state index in [1.807, 2.05) is 31.2 Å². The van der Waals surface area contributed by atoms with Gasteiger partial charge in [-0.3, -0.25) is 10.2 Å². The number of hydrazine groups is 1. The Kier molecular flexibility index (Phi) is 5.57. The molecule has 0 unspecified atom stereocenters. The molecule has 0 fully saturated rings. The summed E-state index contributed by atoms with van der Waals surface area (Å²) in [7, 11) is 0. The maximum absolute atomic E-state index is 12.1. The second-order valence-corrected chi connectivity index (χ2v) is 6.33. The van der Waals surface area contributed by atoms with E-state index in [1.165, 1.54) is 0 Å². The predicted molar refractivity (Wildman–Crippen MR) is 104 cm³/mol. The molecule has 0 aliphatic carbocycles. The molecule has 2 aromatic carbocycles. The number of esters is 1. The molecule has 3 N–H and O–H groups in total. The summed E-state index contributed by atoms with van der Waals surface area (Å²) in [5.74, 6) is 4.63. The fourth-order valence-corrected chi connectivity index (χ4v) is 3.30. The van der Waals surface area contributed by atoms with E-state index >= 15 is 0 Å². The van der Waals surface area contributed by atoms with Gasteiger partial charge < -0.3 is 9.30 Å². The van der Waals surface area contributed by atoms with Crippen molar-refractivity contribution >= 4 is 22.8 Å². The number of carbonyl (C=O) groups excluding carboxylic acids is 2.